The van der Waals surface area contributed by atoms with Gasteiger partial charge in [0.15, 0.2) is 5.78 Å². The third-order valence-corrected chi connectivity index (χ3v) is 2.01. The van der Waals surface area contributed by atoms with Crippen molar-refractivity contribution in [2.75, 3.05) is 19.0 Å². The van der Waals surface area contributed by atoms with E-state index in [4.69, 9.17) is 0 Å². The number of rotatable bonds is 3. The van der Waals surface area contributed by atoms with Gasteiger partial charge in [-0.15, -0.1) is 0 Å². The molecule has 15 heavy (non-hydrogen) atoms. The number of benzene rings is 1. The van der Waals surface area contributed by atoms with Gasteiger partial charge in [0.05, 0.1) is 0 Å². The number of ketones is 1. The van der Waals surface area contributed by atoms with Crippen LogP contribution in [-0.4, -0.2) is 19.9 Å². The van der Waals surface area contributed by atoms with Gasteiger partial charge in [0.25, 0.3) is 0 Å². The lowest BCUT2D eigenvalue weighted by Crippen LogP contribution is -2.09. The predicted octanol–water partition coefficient (Wildman–Crippen LogP) is 3.37. The van der Waals surface area contributed by atoms with Crippen LogP contribution < -0.4 is 4.90 Å². The standard InChI is InChI=1S/C11H15NO.C2H6/c1-4-11(13)9-6-5-7-10(8-9)12(2)3;1-2/h5-8H,4H2,1-3H3;1-2H3. The zero-order valence-corrected chi connectivity index (χ0v) is 10.4. The molecule has 84 valence electrons. The van der Waals surface area contributed by atoms with Gasteiger partial charge in [-0.3, -0.25) is 4.79 Å². The predicted molar refractivity (Wildman–Crippen MR) is 66.7 cm³/mol. The highest BCUT2D eigenvalue weighted by Gasteiger charge is 2.03. The van der Waals surface area contributed by atoms with E-state index < -0.39 is 0 Å². The smallest absolute Gasteiger partial charge is 0.162 e. The fourth-order valence-electron chi connectivity index (χ4n) is 1.16. The summed E-state index contributed by atoms with van der Waals surface area (Å²) in [6.07, 6.45) is 0.566. The highest BCUT2D eigenvalue weighted by molar-refractivity contribution is 5.96. The van der Waals surface area contributed by atoms with E-state index in [0.717, 1.165) is 11.3 Å². The monoisotopic (exact) mass is 207 g/mol. The Balaban J connectivity index is 0.000000921. The molecule has 0 aromatic heterocycles. The zero-order chi connectivity index (χ0) is 11.8. The van der Waals surface area contributed by atoms with Crippen molar-refractivity contribution >= 4 is 11.5 Å². The SMILES string of the molecule is CC.CCC(=O)c1cccc(N(C)C)c1. The number of hydrogen-bond donors (Lipinski definition) is 0. The van der Waals surface area contributed by atoms with E-state index in [1.807, 2.05) is 64.0 Å². The van der Waals surface area contributed by atoms with E-state index in [2.05, 4.69) is 0 Å². The lowest BCUT2D eigenvalue weighted by molar-refractivity contribution is 0.0988. The molecule has 0 N–H and O–H groups in total. The highest BCUT2D eigenvalue weighted by atomic mass is 16.1. The minimum absolute atomic E-state index is 0.198. The van der Waals surface area contributed by atoms with Crippen LogP contribution in [0.1, 0.15) is 37.6 Å². The summed E-state index contributed by atoms with van der Waals surface area (Å²) in [7, 11) is 3.94. The quantitative estimate of drug-likeness (QED) is 0.708. The van der Waals surface area contributed by atoms with Gasteiger partial charge < -0.3 is 4.90 Å². The summed E-state index contributed by atoms with van der Waals surface area (Å²) < 4.78 is 0. The molecule has 2 heteroatoms. The zero-order valence-electron chi connectivity index (χ0n) is 10.4. The first kappa shape index (κ1) is 13.7. The summed E-state index contributed by atoms with van der Waals surface area (Å²) in [5, 5.41) is 0. The van der Waals surface area contributed by atoms with Crippen LogP contribution in [-0.2, 0) is 0 Å². The largest absolute Gasteiger partial charge is 0.378 e. The van der Waals surface area contributed by atoms with Gasteiger partial charge >= 0.3 is 0 Å². The van der Waals surface area contributed by atoms with Gasteiger partial charge in [-0.05, 0) is 12.1 Å². The molecule has 0 amide bonds. The van der Waals surface area contributed by atoms with Gasteiger partial charge in [0.1, 0.15) is 0 Å². The van der Waals surface area contributed by atoms with Gasteiger partial charge in [0, 0.05) is 31.8 Å². The molecule has 0 aliphatic heterocycles. The molecule has 0 heterocycles. The van der Waals surface area contributed by atoms with Crippen molar-refractivity contribution in [3.05, 3.63) is 29.8 Å². The maximum Gasteiger partial charge on any atom is 0.162 e. The Labute approximate surface area is 92.9 Å². The Morgan fingerprint density at radius 1 is 1.27 bits per heavy atom. The van der Waals surface area contributed by atoms with Crippen LogP contribution in [0.25, 0.3) is 0 Å². The minimum Gasteiger partial charge on any atom is -0.378 e. The van der Waals surface area contributed by atoms with Gasteiger partial charge in [-0.1, -0.05) is 32.9 Å². The molecule has 1 aromatic carbocycles. The molecule has 0 atom stereocenters. The third kappa shape index (κ3) is 4.15. The van der Waals surface area contributed by atoms with Crippen LogP contribution in [0.15, 0.2) is 24.3 Å². The molecular weight excluding hydrogens is 186 g/mol. The molecule has 0 saturated heterocycles. The number of nitrogens with zero attached hydrogens (tertiary/aromatic N) is 1. The van der Waals surface area contributed by atoms with Crippen molar-refractivity contribution < 1.29 is 4.79 Å². The van der Waals surface area contributed by atoms with Crippen LogP contribution in [0.3, 0.4) is 0 Å². The second kappa shape index (κ2) is 7.04. The van der Waals surface area contributed by atoms with Crippen molar-refractivity contribution in [2.24, 2.45) is 0 Å². The highest BCUT2D eigenvalue weighted by Crippen LogP contribution is 2.14. The number of carbonyl (C=O) groups excluding carboxylic acids is 1. The Morgan fingerprint density at radius 2 is 1.87 bits per heavy atom. The molecule has 0 aliphatic rings. The van der Waals surface area contributed by atoms with Gasteiger partial charge in [-0.25, -0.2) is 0 Å². The number of Topliss-reactive ketones (excluding diaryl/α,β-unsaturated/α-hetero) is 1. The molecular formula is C13H21NO. The summed E-state index contributed by atoms with van der Waals surface area (Å²) in [5.41, 5.74) is 1.87. The summed E-state index contributed by atoms with van der Waals surface area (Å²) in [6.45, 7) is 5.88. The summed E-state index contributed by atoms with van der Waals surface area (Å²) >= 11 is 0. The van der Waals surface area contributed by atoms with E-state index in [1.54, 1.807) is 0 Å². The molecule has 0 unspecified atom stereocenters. The lowest BCUT2D eigenvalue weighted by atomic mass is 10.1. The summed E-state index contributed by atoms with van der Waals surface area (Å²) in [6, 6.07) is 7.69. The molecule has 1 aromatic rings. The molecule has 0 fully saturated rings. The average molecular weight is 207 g/mol. The van der Waals surface area contributed by atoms with Crippen molar-refractivity contribution in [1.82, 2.24) is 0 Å². The van der Waals surface area contributed by atoms with Crippen LogP contribution in [0.5, 0.6) is 0 Å². The Morgan fingerprint density at radius 3 is 2.33 bits per heavy atom. The van der Waals surface area contributed by atoms with Crippen molar-refractivity contribution in [2.45, 2.75) is 27.2 Å². The molecule has 0 saturated carbocycles. The summed E-state index contributed by atoms with van der Waals surface area (Å²) in [4.78, 5) is 13.4. The fraction of sp³-hybridized carbons (Fsp3) is 0.462. The Kier molecular flexibility index (Phi) is 6.43. The first-order valence-electron chi connectivity index (χ1n) is 5.45. The number of anilines is 1. The van der Waals surface area contributed by atoms with Crippen molar-refractivity contribution in [3.63, 3.8) is 0 Å². The average Bonchev–Trinajstić information content (AvgIpc) is 2.30. The second-order valence-corrected chi connectivity index (χ2v) is 3.22. The van der Waals surface area contributed by atoms with E-state index in [1.165, 1.54) is 0 Å². The maximum atomic E-state index is 11.4. The third-order valence-electron chi connectivity index (χ3n) is 2.01. The topological polar surface area (TPSA) is 20.3 Å². The van der Waals surface area contributed by atoms with Crippen LogP contribution in [0.2, 0.25) is 0 Å². The first-order chi connectivity index (χ1) is 7.15. The maximum absolute atomic E-state index is 11.4. The van der Waals surface area contributed by atoms with E-state index in [9.17, 15) is 4.79 Å². The van der Waals surface area contributed by atoms with Crippen molar-refractivity contribution in [1.29, 1.82) is 0 Å². The Hall–Kier alpha value is -1.31. The first-order valence-corrected chi connectivity index (χ1v) is 5.45. The summed E-state index contributed by atoms with van der Waals surface area (Å²) in [5.74, 6) is 0.198. The minimum atomic E-state index is 0.198. The van der Waals surface area contributed by atoms with E-state index >= 15 is 0 Å². The molecule has 2 nitrogen and oxygen atoms in total. The van der Waals surface area contributed by atoms with E-state index in [-0.39, 0.29) is 5.78 Å². The normalized spacial score (nSPS) is 8.87. The molecule has 0 radical (unpaired) electrons. The van der Waals surface area contributed by atoms with Crippen LogP contribution in [0.4, 0.5) is 5.69 Å². The number of hydrogen-bond acceptors (Lipinski definition) is 2. The molecule has 1 rings (SSSR count). The Bertz CT molecular complexity index is 305. The fourth-order valence-corrected chi connectivity index (χ4v) is 1.16. The van der Waals surface area contributed by atoms with Crippen LogP contribution in [0, 0.1) is 0 Å². The molecule has 0 spiro atoms. The molecule has 0 aliphatic carbocycles. The second-order valence-electron chi connectivity index (χ2n) is 3.22. The lowest BCUT2D eigenvalue weighted by Gasteiger charge is -2.12. The van der Waals surface area contributed by atoms with Crippen LogP contribution >= 0.6 is 0 Å². The molecule has 0 bridgehead atoms. The van der Waals surface area contributed by atoms with E-state index in [0.29, 0.717) is 6.42 Å². The number of carbonyl (C=O) groups is 1. The van der Waals surface area contributed by atoms with Gasteiger partial charge in [0.2, 0.25) is 0 Å². The van der Waals surface area contributed by atoms with Crippen molar-refractivity contribution in [3.8, 4) is 0 Å². The van der Waals surface area contributed by atoms with Gasteiger partial charge in [-0.2, -0.15) is 0 Å².